The quantitative estimate of drug-likeness (QED) is 0.453. The van der Waals surface area contributed by atoms with Gasteiger partial charge in [-0.1, -0.05) is 61.7 Å². The lowest BCUT2D eigenvalue weighted by molar-refractivity contribution is -0.124. The molecule has 2 aliphatic rings. The van der Waals surface area contributed by atoms with E-state index in [0.29, 0.717) is 0 Å². The summed E-state index contributed by atoms with van der Waals surface area (Å²) in [6.07, 6.45) is 10.4. The maximum atomic E-state index is 13.0. The van der Waals surface area contributed by atoms with E-state index in [-0.39, 0.29) is 45.8 Å². The Kier molecular flexibility index (Phi) is 9.85. The summed E-state index contributed by atoms with van der Waals surface area (Å²) in [5.41, 5.74) is 0. The van der Waals surface area contributed by atoms with Crippen LogP contribution >= 0.6 is 23.2 Å². The van der Waals surface area contributed by atoms with E-state index in [1.807, 2.05) is 0 Å². The zero-order chi connectivity index (χ0) is 23.8. The topological polar surface area (TPSA) is 104 Å². The Morgan fingerprint density at radius 3 is 2.03 bits per heavy atom. The van der Waals surface area contributed by atoms with E-state index in [2.05, 4.69) is 15.4 Å². The highest BCUT2D eigenvalue weighted by Gasteiger charge is 2.29. The molecule has 1 aromatic rings. The van der Waals surface area contributed by atoms with Gasteiger partial charge in [0, 0.05) is 18.5 Å². The second-order valence-electron chi connectivity index (χ2n) is 9.03. The van der Waals surface area contributed by atoms with Crippen LogP contribution in [0.2, 0.25) is 10.0 Å². The van der Waals surface area contributed by atoms with Crippen molar-refractivity contribution < 1.29 is 18.0 Å². The van der Waals surface area contributed by atoms with Gasteiger partial charge in [-0.15, -0.1) is 0 Å². The molecule has 2 fully saturated rings. The molecule has 1 aromatic carbocycles. The SMILES string of the molecule is O=C(CCC(NS(=O)(=O)c1ccc(Cl)c(Cl)c1)C(=O)NC1CCCCC1)NC1CCCCC1. The molecule has 184 valence electrons. The highest BCUT2D eigenvalue weighted by molar-refractivity contribution is 7.89. The van der Waals surface area contributed by atoms with Crippen molar-refractivity contribution >= 4 is 45.0 Å². The van der Waals surface area contributed by atoms with E-state index < -0.39 is 22.0 Å². The maximum Gasteiger partial charge on any atom is 0.241 e. The Hall–Kier alpha value is -1.35. The van der Waals surface area contributed by atoms with Crippen LogP contribution in [-0.2, 0) is 19.6 Å². The molecule has 1 atom stereocenters. The molecule has 0 heterocycles. The molecule has 3 N–H and O–H groups in total. The van der Waals surface area contributed by atoms with E-state index in [4.69, 9.17) is 23.2 Å². The highest BCUT2D eigenvalue weighted by atomic mass is 35.5. The van der Waals surface area contributed by atoms with Crippen LogP contribution in [0.1, 0.15) is 77.0 Å². The van der Waals surface area contributed by atoms with E-state index in [0.717, 1.165) is 57.8 Å². The summed E-state index contributed by atoms with van der Waals surface area (Å²) in [4.78, 5) is 25.4. The summed E-state index contributed by atoms with van der Waals surface area (Å²) in [5, 5.41) is 6.34. The van der Waals surface area contributed by atoms with Gasteiger partial charge in [0.2, 0.25) is 21.8 Å². The number of nitrogens with one attached hydrogen (secondary N) is 3. The minimum absolute atomic E-state index is 0.0271. The van der Waals surface area contributed by atoms with Crippen molar-refractivity contribution in [1.82, 2.24) is 15.4 Å². The third-order valence-electron chi connectivity index (χ3n) is 6.40. The van der Waals surface area contributed by atoms with E-state index >= 15 is 0 Å². The normalized spacial score (nSPS) is 19.1. The summed E-state index contributed by atoms with van der Waals surface area (Å²) in [5.74, 6) is -0.567. The van der Waals surface area contributed by atoms with Gasteiger partial charge in [0.25, 0.3) is 0 Å². The zero-order valence-electron chi connectivity index (χ0n) is 18.7. The first-order chi connectivity index (χ1) is 15.7. The Balaban J connectivity index is 1.67. The van der Waals surface area contributed by atoms with Gasteiger partial charge in [0.05, 0.1) is 14.9 Å². The van der Waals surface area contributed by atoms with Crippen LogP contribution in [0.5, 0.6) is 0 Å². The number of carbonyl (C=O) groups is 2. The van der Waals surface area contributed by atoms with Crippen molar-refractivity contribution in [2.45, 2.75) is 100 Å². The lowest BCUT2D eigenvalue weighted by Crippen LogP contribution is -2.50. The number of hydrogen-bond acceptors (Lipinski definition) is 4. The van der Waals surface area contributed by atoms with E-state index in [1.54, 1.807) is 0 Å². The minimum Gasteiger partial charge on any atom is -0.353 e. The van der Waals surface area contributed by atoms with Crippen LogP contribution in [0.4, 0.5) is 0 Å². The predicted octanol–water partition coefficient (Wildman–Crippen LogP) is 4.32. The summed E-state index contributed by atoms with van der Waals surface area (Å²) in [7, 11) is -4.05. The van der Waals surface area contributed by atoms with Crippen LogP contribution < -0.4 is 15.4 Å². The molecule has 0 aromatic heterocycles. The van der Waals surface area contributed by atoms with Gasteiger partial charge >= 0.3 is 0 Å². The molecule has 0 saturated heterocycles. The molecule has 0 aliphatic heterocycles. The predicted molar refractivity (Wildman–Crippen MR) is 130 cm³/mol. The van der Waals surface area contributed by atoms with Crippen molar-refractivity contribution in [3.8, 4) is 0 Å². The van der Waals surface area contributed by atoms with E-state index in [1.165, 1.54) is 24.6 Å². The summed E-state index contributed by atoms with van der Waals surface area (Å²) in [6.45, 7) is 0. The van der Waals surface area contributed by atoms with Gasteiger partial charge in [0.15, 0.2) is 0 Å². The number of rotatable bonds is 9. The fraction of sp³-hybridized carbons (Fsp3) is 0.652. The Morgan fingerprint density at radius 1 is 0.879 bits per heavy atom. The number of amides is 2. The van der Waals surface area contributed by atoms with E-state index in [9.17, 15) is 18.0 Å². The summed E-state index contributed by atoms with van der Waals surface area (Å²) in [6, 6.07) is 3.10. The fourth-order valence-electron chi connectivity index (χ4n) is 4.51. The summed E-state index contributed by atoms with van der Waals surface area (Å²) < 4.78 is 28.4. The number of hydrogen-bond donors (Lipinski definition) is 3. The lowest BCUT2D eigenvalue weighted by Gasteiger charge is -2.26. The number of halogens is 2. The molecule has 10 heteroatoms. The molecule has 2 amide bonds. The number of carbonyl (C=O) groups excluding carboxylic acids is 2. The molecule has 0 spiro atoms. The molecular weight excluding hydrogens is 485 g/mol. The molecule has 3 rings (SSSR count). The first-order valence-electron chi connectivity index (χ1n) is 11.8. The molecule has 7 nitrogen and oxygen atoms in total. The van der Waals surface area contributed by atoms with Gasteiger partial charge in [-0.05, 0) is 50.3 Å². The largest absolute Gasteiger partial charge is 0.353 e. The smallest absolute Gasteiger partial charge is 0.241 e. The van der Waals surface area contributed by atoms with Crippen LogP contribution in [0.15, 0.2) is 23.1 Å². The second kappa shape index (κ2) is 12.4. The first-order valence-corrected chi connectivity index (χ1v) is 14.1. The van der Waals surface area contributed by atoms with Crippen LogP contribution in [-0.4, -0.2) is 38.4 Å². The fourth-order valence-corrected chi connectivity index (χ4v) is 6.13. The monoisotopic (exact) mass is 517 g/mol. The Morgan fingerprint density at radius 2 is 1.45 bits per heavy atom. The van der Waals surface area contributed by atoms with Crippen molar-refractivity contribution in [3.63, 3.8) is 0 Å². The molecule has 0 radical (unpaired) electrons. The third kappa shape index (κ3) is 8.12. The third-order valence-corrected chi connectivity index (χ3v) is 8.61. The second-order valence-corrected chi connectivity index (χ2v) is 11.6. The average Bonchev–Trinajstić information content (AvgIpc) is 2.79. The van der Waals surface area contributed by atoms with Gasteiger partial charge in [0.1, 0.15) is 6.04 Å². The lowest BCUT2D eigenvalue weighted by atomic mass is 9.95. The van der Waals surface area contributed by atoms with Gasteiger partial charge < -0.3 is 10.6 Å². The number of sulfonamides is 1. The molecular formula is C23H33Cl2N3O4S. The Labute approximate surface area is 206 Å². The first kappa shape index (κ1) is 26.3. The van der Waals surface area contributed by atoms with Crippen LogP contribution in [0.3, 0.4) is 0 Å². The van der Waals surface area contributed by atoms with Crippen LogP contribution in [0, 0.1) is 0 Å². The van der Waals surface area contributed by atoms with Crippen molar-refractivity contribution in [2.75, 3.05) is 0 Å². The highest BCUT2D eigenvalue weighted by Crippen LogP contribution is 2.25. The molecule has 0 bridgehead atoms. The van der Waals surface area contributed by atoms with Crippen molar-refractivity contribution in [1.29, 1.82) is 0 Å². The zero-order valence-corrected chi connectivity index (χ0v) is 21.1. The molecule has 1 unspecified atom stereocenters. The minimum atomic E-state index is -4.05. The molecule has 33 heavy (non-hydrogen) atoms. The van der Waals surface area contributed by atoms with Gasteiger partial charge in [-0.25, -0.2) is 8.42 Å². The average molecular weight is 519 g/mol. The maximum absolute atomic E-state index is 13.0. The summed E-state index contributed by atoms with van der Waals surface area (Å²) >= 11 is 11.9. The number of benzene rings is 1. The molecule has 2 saturated carbocycles. The van der Waals surface area contributed by atoms with Crippen LogP contribution in [0.25, 0.3) is 0 Å². The van der Waals surface area contributed by atoms with Crippen molar-refractivity contribution in [2.24, 2.45) is 0 Å². The van der Waals surface area contributed by atoms with Crippen molar-refractivity contribution in [3.05, 3.63) is 28.2 Å². The van der Waals surface area contributed by atoms with Gasteiger partial charge in [-0.2, -0.15) is 4.72 Å². The van der Waals surface area contributed by atoms with Gasteiger partial charge in [-0.3, -0.25) is 9.59 Å². The molecule has 2 aliphatic carbocycles. The Bertz CT molecular complexity index is 930. The standard InChI is InChI=1S/C23H33Cl2N3O4S/c24-19-12-11-18(15-20(19)25)33(31,32)28-21(23(30)27-17-9-5-2-6-10-17)13-14-22(29)26-16-7-3-1-4-8-16/h11-12,15-17,21,28H,1-10,13-14H2,(H,26,29)(H,27,30).